The van der Waals surface area contributed by atoms with E-state index in [2.05, 4.69) is 21.0 Å². The summed E-state index contributed by atoms with van der Waals surface area (Å²) < 4.78 is 14.3. The summed E-state index contributed by atoms with van der Waals surface area (Å²) in [5, 5.41) is 6.74. The zero-order valence-corrected chi connectivity index (χ0v) is 21.7. The minimum Gasteiger partial charge on any atom is -0.364 e. The van der Waals surface area contributed by atoms with E-state index in [9.17, 15) is 14.0 Å². The van der Waals surface area contributed by atoms with Crippen LogP contribution in [-0.2, 0) is 4.79 Å². The van der Waals surface area contributed by atoms with Crippen molar-refractivity contribution in [2.24, 2.45) is 0 Å². The summed E-state index contributed by atoms with van der Waals surface area (Å²) in [6.45, 7) is 6.65. The molecule has 3 aliphatic rings. The molecule has 2 aromatic rings. The van der Waals surface area contributed by atoms with Crippen LogP contribution in [0.4, 0.5) is 10.1 Å². The number of benzene rings is 2. The Labute approximate surface area is 220 Å². The quantitative estimate of drug-likeness (QED) is 0.451. The first kappa shape index (κ1) is 25.1. The zero-order chi connectivity index (χ0) is 26.1. The van der Waals surface area contributed by atoms with Crippen molar-refractivity contribution in [1.29, 1.82) is 0 Å². The number of allylic oxidation sites excluding steroid dienone is 1. The molecule has 0 aromatic heterocycles. The lowest BCUT2D eigenvalue weighted by molar-refractivity contribution is -0.655. The van der Waals surface area contributed by atoms with Gasteiger partial charge in [-0.2, -0.15) is 0 Å². The Morgan fingerprint density at radius 1 is 1.11 bits per heavy atom. The Balaban J connectivity index is 1.33. The van der Waals surface area contributed by atoms with Gasteiger partial charge in [0.15, 0.2) is 5.82 Å². The van der Waals surface area contributed by atoms with Crippen LogP contribution in [0.15, 0.2) is 59.7 Å². The van der Waals surface area contributed by atoms with Crippen LogP contribution in [0, 0.1) is 12.7 Å². The second kappa shape index (κ2) is 10.4. The van der Waals surface area contributed by atoms with Gasteiger partial charge >= 0.3 is 5.91 Å². The van der Waals surface area contributed by atoms with Crippen molar-refractivity contribution in [2.75, 3.05) is 31.5 Å². The fraction of sp³-hybridized carbons (Fsp3) is 0.333. The predicted octanol–water partition coefficient (Wildman–Crippen LogP) is 2.76. The van der Waals surface area contributed by atoms with Crippen LogP contribution in [0.1, 0.15) is 47.3 Å². The Kier molecular flexibility index (Phi) is 7.08. The summed E-state index contributed by atoms with van der Waals surface area (Å²) in [7, 11) is 0. The maximum Gasteiger partial charge on any atom is 0.312 e. The molecule has 37 heavy (non-hydrogen) atoms. The number of halogens is 2. The number of carbonyl (C=O) groups excluding carboxylic acids is 2. The third-order valence-corrected chi connectivity index (χ3v) is 7.54. The van der Waals surface area contributed by atoms with Gasteiger partial charge in [0.25, 0.3) is 5.91 Å². The van der Waals surface area contributed by atoms with Crippen LogP contribution < -0.4 is 21.5 Å². The van der Waals surface area contributed by atoms with E-state index >= 15 is 0 Å². The lowest BCUT2D eigenvalue weighted by atomic mass is 9.99. The summed E-state index contributed by atoms with van der Waals surface area (Å²) in [6.07, 6.45) is 3.90. The lowest BCUT2D eigenvalue weighted by Gasteiger charge is -2.39. The number of likely N-dealkylation sites (tertiary alicyclic amines) is 1. The third kappa shape index (κ3) is 5.01. The van der Waals surface area contributed by atoms with Crippen molar-refractivity contribution in [3.63, 3.8) is 0 Å². The number of nitrogens with two attached hydrogens (primary N) is 1. The molecule has 0 spiro atoms. The molecule has 10 heteroatoms. The maximum absolute atomic E-state index is 14.3. The smallest absolute Gasteiger partial charge is 0.312 e. The minimum absolute atomic E-state index is 0.0232. The normalized spacial score (nSPS) is 18.0. The second-order valence-corrected chi connectivity index (χ2v) is 9.95. The van der Waals surface area contributed by atoms with Gasteiger partial charge in [0, 0.05) is 48.5 Å². The van der Waals surface area contributed by atoms with E-state index in [4.69, 9.17) is 11.6 Å². The van der Waals surface area contributed by atoms with Gasteiger partial charge in [-0.05, 0) is 74.2 Å². The molecule has 3 heterocycles. The highest BCUT2D eigenvalue weighted by molar-refractivity contribution is 6.31. The van der Waals surface area contributed by atoms with Crippen LogP contribution in [-0.4, -0.2) is 47.8 Å². The number of quaternary nitrogens is 1. The average Bonchev–Trinajstić information content (AvgIpc) is 3.45. The summed E-state index contributed by atoms with van der Waals surface area (Å²) >= 11 is 6.48. The largest absolute Gasteiger partial charge is 0.364 e. The second-order valence-electron chi connectivity index (χ2n) is 9.54. The molecule has 194 valence electrons. The molecular weight excluding hydrogens is 495 g/mol. The molecule has 3 aliphatic heterocycles. The average molecular weight is 526 g/mol. The number of hydrogen-bond donors (Lipinski definition) is 4. The molecule has 1 fully saturated rings. The molecule has 0 radical (unpaired) electrons. The molecule has 5 rings (SSSR count). The number of anilines is 1. The maximum atomic E-state index is 14.3. The summed E-state index contributed by atoms with van der Waals surface area (Å²) in [5.41, 5.74) is 8.55. The highest BCUT2D eigenvalue weighted by Gasteiger charge is 2.32. The van der Waals surface area contributed by atoms with Crippen molar-refractivity contribution in [1.82, 2.24) is 20.5 Å². The summed E-state index contributed by atoms with van der Waals surface area (Å²) in [6, 6.07) is 9.73. The predicted molar refractivity (Wildman–Crippen MR) is 140 cm³/mol. The Morgan fingerprint density at radius 2 is 1.84 bits per heavy atom. The number of hydrogen-bond acceptors (Lipinski definition) is 5. The molecule has 0 aliphatic carbocycles. The molecule has 1 atom stereocenters. The van der Waals surface area contributed by atoms with E-state index in [1.807, 2.05) is 17.9 Å². The fourth-order valence-corrected chi connectivity index (χ4v) is 5.51. The number of amides is 2. The van der Waals surface area contributed by atoms with E-state index in [1.165, 1.54) is 6.07 Å². The van der Waals surface area contributed by atoms with Crippen molar-refractivity contribution < 1.29 is 19.4 Å². The monoisotopic (exact) mass is 525 g/mol. The minimum atomic E-state index is -0.297. The number of nitrogens with one attached hydrogen (secondary N) is 3. The summed E-state index contributed by atoms with van der Waals surface area (Å²) in [5.74, 6) is 0.227. The molecule has 0 bridgehead atoms. The number of rotatable bonds is 5. The molecule has 2 amide bonds. The van der Waals surface area contributed by atoms with E-state index in [-0.39, 0.29) is 23.7 Å². The van der Waals surface area contributed by atoms with Crippen molar-refractivity contribution in [2.45, 2.75) is 32.7 Å². The highest BCUT2D eigenvalue weighted by atomic mass is 35.5. The third-order valence-electron chi connectivity index (χ3n) is 7.21. The van der Waals surface area contributed by atoms with Crippen LogP contribution in [0.2, 0.25) is 5.02 Å². The summed E-state index contributed by atoms with van der Waals surface area (Å²) in [4.78, 5) is 29.7. The first-order valence-electron chi connectivity index (χ1n) is 12.5. The Hall–Kier alpha value is -3.56. The molecular formula is C27H31ClFN6O2+. The van der Waals surface area contributed by atoms with E-state index in [0.717, 1.165) is 43.0 Å². The Morgan fingerprint density at radius 3 is 2.57 bits per heavy atom. The van der Waals surface area contributed by atoms with Crippen LogP contribution in [0.5, 0.6) is 0 Å². The SMILES string of the molecule is Cc1c(F)ccc(Cl)c1C(C)N1CCNC2=C1C=C(C(=O)Nc1ccc(C(=O)N3CCCC3)cc1)[NH2+]N2. The van der Waals surface area contributed by atoms with Gasteiger partial charge in [-0.1, -0.05) is 11.6 Å². The van der Waals surface area contributed by atoms with Crippen molar-refractivity contribution in [3.8, 4) is 0 Å². The molecule has 2 aromatic carbocycles. The van der Waals surface area contributed by atoms with E-state index in [1.54, 1.807) is 42.7 Å². The van der Waals surface area contributed by atoms with Crippen molar-refractivity contribution >= 4 is 29.1 Å². The number of nitrogens with zero attached hydrogens (tertiary/aromatic N) is 2. The van der Waals surface area contributed by atoms with Gasteiger partial charge in [-0.3, -0.25) is 9.59 Å². The molecule has 8 nitrogen and oxygen atoms in total. The zero-order valence-electron chi connectivity index (χ0n) is 20.9. The molecule has 0 saturated carbocycles. The topological polar surface area (TPSA) is 93.3 Å². The van der Waals surface area contributed by atoms with Gasteiger partial charge in [0.05, 0.1) is 11.7 Å². The van der Waals surface area contributed by atoms with Crippen LogP contribution in [0.3, 0.4) is 0 Å². The Bertz CT molecular complexity index is 1290. The van der Waals surface area contributed by atoms with E-state index in [0.29, 0.717) is 40.6 Å². The fourth-order valence-electron chi connectivity index (χ4n) is 5.15. The van der Waals surface area contributed by atoms with Crippen molar-refractivity contribution in [3.05, 3.63) is 87.2 Å². The van der Waals surface area contributed by atoms with Gasteiger partial charge in [-0.15, -0.1) is 0 Å². The molecule has 1 unspecified atom stereocenters. The van der Waals surface area contributed by atoms with Gasteiger partial charge in [0.1, 0.15) is 5.82 Å². The lowest BCUT2D eigenvalue weighted by Crippen LogP contribution is -2.94. The number of carbonyl (C=O) groups is 2. The van der Waals surface area contributed by atoms with Gasteiger partial charge in [0.2, 0.25) is 5.70 Å². The molecule has 1 saturated heterocycles. The van der Waals surface area contributed by atoms with Crippen LogP contribution in [0.25, 0.3) is 0 Å². The van der Waals surface area contributed by atoms with Crippen LogP contribution >= 0.6 is 11.6 Å². The first-order valence-corrected chi connectivity index (χ1v) is 12.9. The van der Waals surface area contributed by atoms with Gasteiger partial charge < -0.3 is 20.4 Å². The van der Waals surface area contributed by atoms with Gasteiger partial charge in [-0.25, -0.2) is 15.2 Å². The molecule has 5 N–H and O–H groups in total. The van der Waals surface area contributed by atoms with E-state index < -0.39 is 0 Å². The highest BCUT2D eigenvalue weighted by Crippen LogP contribution is 2.35. The first-order chi connectivity index (χ1) is 17.8. The standard InChI is InChI=1S/C27H30ClFN6O2/c1-16-21(29)10-9-20(28)24(16)17(2)35-14-11-30-25-23(35)15-22(32-33-25)26(36)31-19-7-5-18(6-8-19)27(37)34-12-3-4-13-34/h5-10,15,17,30,32-33H,3-4,11-14H2,1-2H3,(H,31,36)/p+1.